The molecular formula is C20H35IN4O. The van der Waals surface area contributed by atoms with E-state index in [9.17, 15) is 0 Å². The van der Waals surface area contributed by atoms with Gasteiger partial charge in [0.05, 0.1) is 7.11 Å². The van der Waals surface area contributed by atoms with Gasteiger partial charge in [-0.2, -0.15) is 0 Å². The fraction of sp³-hybridized carbons (Fsp3) is 0.650. The Labute approximate surface area is 176 Å². The number of ether oxygens (including phenoxy) is 1. The van der Waals surface area contributed by atoms with E-state index in [1.54, 1.807) is 7.11 Å². The summed E-state index contributed by atoms with van der Waals surface area (Å²) in [5.74, 6) is 1.73. The molecule has 0 aliphatic heterocycles. The maximum atomic E-state index is 5.26. The van der Waals surface area contributed by atoms with Crippen molar-refractivity contribution < 1.29 is 4.74 Å². The maximum absolute atomic E-state index is 5.26. The average molecular weight is 474 g/mol. The second-order valence-corrected chi connectivity index (χ2v) is 6.83. The van der Waals surface area contributed by atoms with Crippen LogP contribution in [0.1, 0.15) is 44.1 Å². The number of halogens is 1. The number of guanidine groups is 1. The lowest BCUT2D eigenvalue weighted by Gasteiger charge is -2.31. The summed E-state index contributed by atoms with van der Waals surface area (Å²) in [5, 5.41) is 6.77. The van der Waals surface area contributed by atoms with Crippen LogP contribution in [0.5, 0.6) is 5.75 Å². The van der Waals surface area contributed by atoms with E-state index in [2.05, 4.69) is 33.6 Å². The highest BCUT2D eigenvalue weighted by Crippen LogP contribution is 2.21. The lowest BCUT2D eigenvalue weighted by atomic mass is 9.94. The molecule has 26 heavy (non-hydrogen) atoms. The van der Waals surface area contributed by atoms with Crippen LogP contribution in [0.2, 0.25) is 0 Å². The summed E-state index contributed by atoms with van der Waals surface area (Å²) in [5.41, 5.74) is 1.18. The van der Waals surface area contributed by atoms with E-state index in [4.69, 9.17) is 4.74 Å². The summed E-state index contributed by atoms with van der Waals surface area (Å²) in [6.07, 6.45) is 8.08. The summed E-state index contributed by atoms with van der Waals surface area (Å²) in [6, 6.07) is 8.88. The summed E-state index contributed by atoms with van der Waals surface area (Å²) in [6.45, 7) is 2.82. The molecule has 5 nitrogen and oxygen atoms in total. The third kappa shape index (κ3) is 8.12. The van der Waals surface area contributed by atoms with Gasteiger partial charge >= 0.3 is 0 Å². The van der Waals surface area contributed by atoms with Crippen LogP contribution >= 0.6 is 24.0 Å². The van der Waals surface area contributed by atoms with Gasteiger partial charge in [-0.05, 0) is 50.6 Å². The molecule has 0 spiro atoms. The monoisotopic (exact) mass is 474 g/mol. The third-order valence-corrected chi connectivity index (χ3v) is 5.00. The van der Waals surface area contributed by atoms with Crippen LogP contribution in [-0.4, -0.2) is 51.2 Å². The molecule has 6 heteroatoms. The SMILES string of the molecule is CN=C(NCCCN(C)C1CCCCC1)NCc1cccc(OC)c1.I. The molecule has 0 radical (unpaired) electrons. The Morgan fingerprint density at radius 1 is 1.23 bits per heavy atom. The Morgan fingerprint density at radius 3 is 2.69 bits per heavy atom. The largest absolute Gasteiger partial charge is 0.497 e. The number of benzene rings is 1. The molecule has 1 aromatic rings. The van der Waals surface area contributed by atoms with Crippen molar-refractivity contribution in [1.82, 2.24) is 15.5 Å². The molecule has 0 bridgehead atoms. The summed E-state index contributed by atoms with van der Waals surface area (Å²) in [4.78, 5) is 6.84. The fourth-order valence-electron chi connectivity index (χ4n) is 3.43. The maximum Gasteiger partial charge on any atom is 0.191 e. The molecule has 148 valence electrons. The van der Waals surface area contributed by atoms with Gasteiger partial charge < -0.3 is 20.3 Å². The van der Waals surface area contributed by atoms with Gasteiger partial charge in [0.25, 0.3) is 0 Å². The molecule has 1 saturated carbocycles. The zero-order valence-corrected chi connectivity index (χ0v) is 18.8. The first-order valence-corrected chi connectivity index (χ1v) is 9.50. The number of hydrogen-bond acceptors (Lipinski definition) is 3. The number of hydrogen-bond donors (Lipinski definition) is 2. The minimum atomic E-state index is 0. The van der Waals surface area contributed by atoms with Crippen LogP contribution < -0.4 is 15.4 Å². The van der Waals surface area contributed by atoms with Crippen LogP contribution in [0.25, 0.3) is 0 Å². The van der Waals surface area contributed by atoms with Gasteiger partial charge in [-0.1, -0.05) is 31.4 Å². The summed E-state index contributed by atoms with van der Waals surface area (Å²) < 4.78 is 5.26. The van der Waals surface area contributed by atoms with Crippen molar-refractivity contribution in [3.63, 3.8) is 0 Å². The van der Waals surface area contributed by atoms with Gasteiger partial charge in [0.15, 0.2) is 5.96 Å². The molecule has 1 aliphatic carbocycles. The van der Waals surface area contributed by atoms with Crippen LogP contribution in [0, 0.1) is 0 Å². The second-order valence-electron chi connectivity index (χ2n) is 6.83. The first-order chi connectivity index (χ1) is 12.2. The lowest BCUT2D eigenvalue weighted by Crippen LogP contribution is -2.39. The van der Waals surface area contributed by atoms with E-state index >= 15 is 0 Å². The highest BCUT2D eigenvalue weighted by atomic mass is 127. The standard InChI is InChI=1S/C20H34N4O.HI/c1-21-20(23-16-17-9-7-12-19(15-17)25-3)22-13-8-14-24(2)18-10-5-4-6-11-18;/h7,9,12,15,18H,4-6,8,10-11,13-14,16H2,1-3H3,(H2,21,22,23);1H. The molecule has 2 rings (SSSR count). The van der Waals surface area contributed by atoms with Crippen molar-refractivity contribution in [2.45, 2.75) is 51.1 Å². The molecule has 1 fully saturated rings. The Bertz CT molecular complexity index is 532. The van der Waals surface area contributed by atoms with E-state index in [1.165, 1.54) is 37.7 Å². The van der Waals surface area contributed by atoms with Crippen molar-refractivity contribution >= 4 is 29.9 Å². The highest BCUT2D eigenvalue weighted by Gasteiger charge is 2.17. The normalized spacial score (nSPS) is 15.5. The van der Waals surface area contributed by atoms with Crippen molar-refractivity contribution in [3.05, 3.63) is 29.8 Å². The fourth-order valence-corrected chi connectivity index (χ4v) is 3.43. The number of methoxy groups -OCH3 is 1. The van der Waals surface area contributed by atoms with E-state index in [-0.39, 0.29) is 24.0 Å². The molecule has 0 amide bonds. The van der Waals surface area contributed by atoms with E-state index < -0.39 is 0 Å². The predicted octanol–water partition coefficient (Wildman–Crippen LogP) is 3.63. The second kappa shape index (κ2) is 13.2. The number of nitrogens with one attached hydrogen (secondary N) is 2. The predicted molar refractivity (Wildman–Crippen MR) is 121 cm³/mol. The topological polar surface area (TPSA) is 48.9 Å². The zero-order valence-electron chi connectivity index (χ0n) is 16.5. The molecule has 1 aliphatic rings. The number of aliphatic imine (C=N–C) groups is 1. The van der Waals surface area contributed by atoms with Gasteiger partial charge in [-0.15, -0.1) is 24.0 Å². The van der Waals surface area contributed by atoms with E-state index in [0.29, 0.717) is 0 Å². The molecule has 0 aromatic heterocycles. The Hall–Kier alpha value is -1.02. The first-order valence-electron chi connectivity index (χ1n) is 9.50. The quantitative estimate of drug-likeness (QED) is 0.262. The zero-order chi connectivity index (χ0) is 17.9. The molecule has 0 heterocycles. The van der Waals surface area contributed by atoms with E-state index in [0.717, 1.165) is 43.8 Å². The molecule has 1 aromatic carbocycles. The van der Waals surface area contributed by atoms with Gasteiger partial charge in [-0.3, -0.25) is 4.99 Å². The molecule has 0 atom stereocenters. The van der Waals surface area contributed by atoms with Gasteiger partial charge in [0.2, 0.25) is 0 Å². The number of rotatable bonds is 8. The van der Waals surface area contributed by atoms with Gasteiger partial charge in [-0.25, -0.2) is 0 Å². The van der Waals surface area contributed by atoms with Crippen molar-refractivity contribution in [2.24, 2.45) is 4.99 Å². The molecular weight excluding hydrogens is 439 g/mol. The number of nitrogens with zero attached hydrogens (tertiary/aromatic N) is 2. The summed E-state index contributed by atoms with van der Waals surface area (Å²) >= 11 is 0. The summed E-state index contributed by atoms with van der Waals surface area (Å²) in [7, 11) is 5.78. The van der Waals surface area contributed by atoms with Crippen molar-refractivity contribution in [2.75, 3.05) is 34.3 Å². The van der Waals surface area contributed by atoms with Crippen LogP contribution in [-0.2, 0) is 6.54 Å². The highest BCUT2D eigenvalue weighted by molar-refractivity contribution is 14.0. The Kier molecular flexibility index (Phi) is 11.7. The van der Waals surface area contributed by atoms with Gasteiger partial charge in [0.1, 0.15) is 5.75 Å². The van der Waals surface area contributed by atoms with Crippen LogP contribution in [0.4, 0.5) is 0 Å². The third-order valence-electron chi connectivity index (χ3n) is 5.00. The molecule has 2 N–H and O–H groups in total. The van der Waals surface area contributed by atoms with Crippen molar-refractivity contribution in [3.8, 4) is 5.75 Å². The molecule has 0 unspecified atom stereocenters. The smallest absolute Gasteiger partial charge is 0.191 e. The van der Waals surface area contributed by atoms with Crippen LogP contribution in [0.3, 0.4) is 0 Å². The average Bonchev–Trinajstić information content (AvgIpc) is 2.68. The van der Waals surface area contributed by atoms with Gasteiger partial charge in [0, 0.05) is 26.2 Å². The van der Waals surface area contributed by atoms with Crippen molar-refractivity contribution in [1.29, 1.82) is 0 Å². The minimum absolute atomic E-state index is 0. The van der Waals surface area contributed by atoms with E-state index in [1.807, 2.05) is 25.2 Å². The Balaban J connectivity index is 0.00000338. The van der Waals surface area contributed by atoms with Crippen LogP contribution in [0.15, 0.2) is 29.3 Å². The lowest BCUT2D eigenvalue weighted by molar-refractivity contribution is 0.190. The molecule has 0 saturated heterocycles. The Morgan fingerprint density at radius 2 is 2.00 bits per heavy atom. The first kappa shape index (κ1) is 23.0. The minimum Gasteiger partial charge on any atom is -0.497 e.